The number of hydrogen-bond acceptors (Lipinski definition) is 5. The van der Waals surface area contributed by atoms with Crippen molar-refractivity contribution in [2.75, 3.05) is 13.6 Å². The maximum atomic E-state index is 12.0. The van der Waals surface area contributed by atoms with Crippen LogP contribution in [0.2, 0.25) is 0 Å². The van der Waals surface area contributed by atoms with Gasteiger partial charge in [-0.15, -0.1) is 0 Å². The summed E-state index contributed by atoms with van der Waals surface area (Å²) in [6, 6.07) is -2.88. The van der Waals surface area contributed by atoms with Crippen molar-refractivity contribution in [3.63, 3.8) is 0 Å². The van der Waals surface area contributed by atoms with Crippen LogP contribution in [0.3, 0.4) is 0 Å². The van der Waals surface area contributed by atoms with Gasteiger partial charge in [-0.25, -0.2) is 9.59 Å². The second-order valence-corrected chi connectivity index (χ2v) is 4.89. The molecule has 0 spiro atoms. The first kappa shape index (κ1) is 14.3. The molecule has 2 fully saturated rings. The van der Waals surface area contributed by atoms with Crippen molar-refractivity contribution >= 4 is 23.8 Å². The highest BCUT2D eigenvalue weighted by Gasteiger charge is 2.42. The van der Waals surface area contributed by atoms with Crippen LogP contribution < -0.4 is 5.32 Å². The van der Waals surface area contributed by atoms with Crippen LogP contribution in [0.5, 0.6) is 0 Å². The summed E-state index contributed by atoms with van der Waals surface area (Å²) in [5, 5.41) is 20.8. The molecular formula is C11H15N3O6. The molecule has 20 heavy (non-hydrogen) atoms. The Bertz CT molecular complexity index is 479. The SMILES string of the molecule is CN1C(=O)CC(NC(=O)N2C[C@H](O)C[C@H]2C(=O)O)C1=O. The summed E-state index contributed by atoms with van der Waals surface area (Å²) in [6.07, 6.45) is -1.11. The van der Waals surface area contributed by atoms with E-state index in [2.05, 4.69) is 5.32 Å². The molecule has 2 aliphatic heterocycles. The molecule has 0 radical (unpaired) electrons. The van der Waals surface area contributed by atoms with E-state index in [9.17, 15) is 24.3 Å². The van der Waals surface area contributed by atoms with Gasteiger partial charge in [0.15, 0.2) is 0 Å². The number of urea groups is 1. The smallest absolute Gasteiger partial charge is 0.326 e. The van der Waals surface area contributed by atoms with Gasteiger partial charge in [-0.1, -0.05) is 0 Å². The minimum absolute atomic E-state index is 0.0554. The number of carbonyl (C=O) groups is 4. The number of carboxylic acid groups (broad SMARTS) is 1. The standard InChI is InChI=1S/C11H15N3O6/c1-13-8(16)3-6(9(13)17)12-11(20)14-4-5(15)2-7(14)10(18)19/h5-7,15H,2-4H2,1H3,(H,12,20)(H,18,19)/t5-,6?,7+/m1/s1. The number of nitrogens with one attached hydrogen (secondary N) is 1. The molecule has 0 aliphatic carbocycles. The van der Waals surface area contributed by atoms with Crippen LogP contribution in [0.15, 0.2) is 0 Å². The molecule has 0 aromatic heterocycles. The number of likely N-dealkylation sites (N-methyl/N-ethyl adjacent to an activating group) is 1. The number of aliphatic hydroxyl groups excluding tert-OH is 1. The van der Waals surface area contributed by atoms with Gasteiger partial charge in [-0.05, 0) is 0 Å². The summed E-state index contributed by atoms with van der Waals surface area (Å²) in [4.78, 5) is 47.8. The van der Waals surface area contributed by atoms with Crippen molar-refractivity contribution in [2.24, 2.45) is 0 Å². The quantitative estimate of drug-likeness (QED) is 0.502. The normalized spacial score (nSPS) is 30.0. The number of aliphatic hydroxyl groups is 1. The van der Waals surface area contributed by atoms with E-state index in [1.807, 2.05) is 0 Å². The van der Waals surface area contributed by atoms with Crippen LogP contribution in [0.1, 0.15) is 12.8 Å². The second-order valence-electron chi connectivity index (χ2n) is 4.89. The highest BCUT2D eigenvalue weighted by atomic mass is 16.4. The molecule has 1 unspecified atom stereocenters. The predicted molar refractivity (Wildman–Crippen MR) is 63.5 cm³/mol. The highest BCUT2D eigenvalue weighted by Crippen LogP contribution is 2.19. The summed E-state index contributed by atoms with van der Waals surface area (Å²) in [7, 11) is 1.32. The summed E-state index contributed by atoms with van der Waals surface area (Å²) in [5.41, 5.74) is 0. The Balaban J connectivity index is 2.03. The minimum Gasteiger partial charge on any atom is -0.480 e. The van der Waals surface area contributed by atoms with Crippen LogP contribution in [0, 0.1) is 0 Å². The lowest BCUT2D eigenvalue weighted by molar-refractivity contribution is -0.141. The van der Waals surface area contributed by atoms with Crippen molar-refractivity contribution in [3.8, 4) is 0 Å². The van der Waals surface area contributed by atoms with Crippen LogP contribution in [0.25, 0.3) is 0 Å². The highest BCUT2D eigenvalue weighted by molar-refractivity contribution is 6.06. The second kappa shape index (κ2) is 5.08. The molecule has 3 atom stereocenters. The number of likely N-dealkylation sites (tertiary alicyclic amines) is 2. The molecule has 2 rings (SSSR count). The number of rotatable bonds is 2. The molecule has 2 heterocycles. The van der Waals surface area contributed by atoms with Gasteiger partial charge in [0.25, 0.3) is 5.91 Å². The number of hydrogen-bond donors (Lipinski definition) is 3. The van der Waals surface area contributed by atoms with Gasteiger partial charge in [0.1, 0.15) is 12.1 Å². The molecule has 0 aromatic carbocycles. The van der Waals surface area contributed by atoms with E-state index in [1.54, 1.807) is 0 Å². The lowest BCUT2D eigenvalue weighted by atomic mass is 10.2. The van der Waals surface area contributed by atoms with Crippen LogP contribution in [-0.2, 0) is 14.4 Å². The Morgan fingerprint density at radius 3 is 2.50 bits per heavy atom. The number of carboxylic acids is 1. The monoisotopic (exact) mass is 285 g/mol. The van der Waals surface area contributed by atoms with Gasteiger partial charge in [-0.3, -0.25) is 14.5 Å². The van der Waals surface area contributed by atoms with Crippen molar-refractivity contribution in [2.45, 2.75) is 31.0 Å². The maximum absolute atomic E-state index is 12.0. The van der Waals surface area contributed by atoms with E-state index in [1.165, 1.54) is 7.05 Å². The maximum Gasteiger partial charge on any atom is 0.326 e. The Morgan fingerprint density at radius 2 is 2.00 bits per heavy atom. The van der Waals surface area contributed by atoms with Gasteiger partial charge >= 0.3 is 12.0 Å². The molecule has 2 saturated heterocycles. The number of β-amino-alcohol motifs (C(OH)–C–C–N with tert-alkyl or cyclic N) is 1. The molecular weight excluding hydrogens is 270 g/mol. The molecule has 0 saturated carbocycles. The molecule has 4 amide bonds. The third kappa shape index (κ3) is 2.44. The van der Waals surface area contributed by atoms with E-state index in [0.29, 0.717) is 0 Å². The largest absolute Gasteiger partial charge is 0.480 e. The molecule has 9 nitrogen and oxygen atoms in total. The van der Waals surface area contributed by atoms with E-state index in [4.69, 9.17) is 5.11 Å². The van der Waals surface area contributed by atoms with Crippen LogP contribution in [-0.4, -0.2) is 75.6 Å². The van der Waals surface area contributed by atoms with E-state index >= 15 is 0 Å². The molecule has 0 bridgehead atoms. The Labute approximate surface area is 114 Å². The van der Waals surface area contributed by atoms with Crippen molar-refractivity contribution in [3.05, 3.63) is 0 Å². The van der Waals surface area contributed by atoms with Gasteiger partial charge in [-0.2, -0.15) is 0 Å². The summed E-state index contributed by atoms with van der Waals surface area (Å²) < 4.78 is 0. The van der Waals surface area contributed by atoms with E-state index in [-0.39, 0.29) is 19.4 Å². The van der Waals surface area contributed by atoms with Gasteiger partial charge in [0, 0.05) is 20.0 Å². The molecule has 3 N–H and O–H groups in total. The number of amides is 4. The summed E-state index contributed by atoms with van der Waals surface area (Å²) in [6.45, 7) is -0.118. The summed E-state index contributed by atoms with van der Waals surface area (Å²) in [5.74, 6) is -2.16. The van der Waals surface area contributed by atoms with Gasteiger partial charge < -0.3 is 20.4 Å². The lowest BCUT2D eigenvalue weighted by Gasteiger charge is -2.23. The number of nitrogens with zero attached hydrogens (tertiary/aromatic N) is 2. The Morgan fingerprint density at radius 1 is 1.35 bits per heavy atom. The average molecular weight is 285 g/mol. The van der Waals surface area contributed by atoms with Crippen LogP contribution in [0.4, 0.5) is 4.79 Å². The van der Waals surface area contributed by atoms with E-state index in [0.717, 1.165) is 9.80 Å². The Kier molecular flexibility index (Phi) is 3.62. The molecule has 110 valence electrons. The molecule has 0 aromatic rings. The lowest BCUT2D eigenvalue weighted by Crippen LogP contribution is -2.51. The first-order valence-electron chi connectivity index (χ1n) is 6.09. The molecule has 9 heteroatoms. The first-order chi connectivity index (χ1) is 9.31. The molecule has 2 aliphatic rings. The number of aliphatic carboxylic acids is 1. The Hall–Kier alpha value is -2.16. The zero-order valence-corrected chi connectivity index (χ0v) is 10.8. The average Bonchev–Trinajstić information content (AvgIpc) is 2.87. The summed E-state index contributed by atoms with van der Waals surface area (Å²) >= 11 is 0. The van der Waals surface area contributed by atoms with Crippen molar-refractivity contribution < 1.29 is 29.4 Å². The minimum atomic E-state index is -1.22. The van der Waals surface area contributed by atoms with Crippen LogP contribution >= 0.6 is 0 Å². The fraction of sp³-hybridized carbons (Fsp3) is 0.636. The van der Waals surface area contributed by atoms with E-state index < -0.39 is 42.0 Å². The predicted octanol–water partition coefficient (Wildman–Crippen LogP) is -2.03. The number of carbonyl (C=O) groups excluding carboxylic acids is 3. The zero-order valence-electron chi connectivity index (χ0n) is 10.8. The fourth-order valence-corrected chi connectivity index (χ4v) is 2.37. The fourth-order valence-electron chi connectivity index (χ4n) is 2.37. The van der Waals surface area contributed by atoms with Crippen molar-refractivity contribution in [1.82, 2.24) is 15.1 Å². The third-order valence-electron chi connectivity index (χ3n) is 3.50. The van der Waals surface area contributed by atoms with Gasteiger partial charge in [0.2, 0.25) is 5.91 Å². The number of imide groups is 1. The zero-order chi connectivity index (χ0) is 15.0. The van der Waals surface area contributed by atoms with Gasteiger partial charge in [0.05, 0.1) is 12.5 Å². The topological polar surface area (TPSA) is 127 Å². The van der Waals surface area contributed by atoms with Crippen molar-refractivity contribution in [1.29, 1.82) is 0 Å². The third-order valence-corrected chi connectivity index (χ3v) is 3.50. The first-order valence-corrected chi connectivity index (χ1v) is 6.09.